The molecule has 1 amide bonds. The number of carbonyl (C=O) groups excluding carboxylic acids is 1. The Labute approximate surface area is 163 Å². The molecule has 2 aromatic heterocycles. The second-order valence-corrected chi connectivity index (χ2v) is 7.11. The van der Waals surface area contributed by atoms with Crippen molar-refractivity contribution >= 4 is 44.9 Å². The monoisotopic (exact) mass is 396 g/mol. The first-order valence-electron chi connectivity index (χ1n) is 8.02. The number of amides is 1. The molecule has 6 nitrogen and oxygen atoms in total. The van der Waals surface area contributed by atoms with Gasteiger partial charge >= 0.3 is 0 Å². The molecule has 4 aromatic rings. The first-order chi connectivity index (χ1) is 13.0. The molecule has 0 bridgehead atoms. The molecule has 0 saturated carbocycles. The van der Waals surface area contributed by atoms with Crippen LogP contribution in [0.25, 0.3) is 22.2 Å². The maximum Gasteiger partial charge on any atom is 0.281 e. The quantitative estimate of drug-likeness (QED) is 0.568. The number of thiazole rings is 1. The van der Waals surface area contributed by atoms with E-state index >= 15 is 0 Å². The van der Waals surface area contributed by atoms with Crippen LogP contribution in [-0.4, -0.2) is 20.7 Å². The third-order valence-electron chi connectivity index (χ3n) is 4.04. The van der Waals surface area contributed by atoms with Crippen LogP contribution >= 0.6 is 22.9 Å². The van der Waals surface area contributed by atoms with E-state index in [9.17, 15) is 9.59 Å². The number of anilines is 1. The number of hydrogen-bond acceptors (Lipinski definition) is 5. The van der Waals surface area contributed by atoms with E-state index < -0.39 is 11.3 Å². The summed E-state index contributed by atoms with van der Waals surface area (Å²) < 4.78 is 1.52. The SMILES string of the molecule is Cn1nc(C(=O)Nc2nc(-c3ccc(Cl)cc3)cs2)c(=O)c2ccccc21. The lowest BCUT2D eigenvalue weighted by Gasteiger charge is -2.07. The lowest BCUT2D eigenvalue weighted by molar-refractivity contribution is 0.101. The predicted molar refractivity (Wildman–Crippen MR) is 107 cm³/mol. The van der Waals surface area contributed by atoms with Crippen molar-refractivity contribution in [2.45, 2.75) is 0 Å². The van der Waals surface area contributed by atoms with Gasteiger partial charge in [-0.25, -0.2) is 4.98 Å². The van der Waals surface area contributed by atoms with E-state index in [4.69, 9.17) is 11.6 Å². The topological polar surface area (TPSA) is 76.9 Å². The molecule has 2 heterocycles. The minimum atomic E-state index is -0.585. The first-order valence-corrected chi connectivity index (χ1v) is 9.27. The molecule has 0 spiro atoms. The summed E-state index contributed by atoms with van der Waals surface area (Å²) in [5.41, 5.74) is 1.69. The fourth-order valence-corrected chi connectivity index (χ4v) is 3.55. The second kappa shape index (κ2) is 6.94. The number of benzene rings is 2. The van der Waals surface area contributed by atoms with Crippen molar-refractivity contribution in [3.8, 4) is 11.3 Å². The van der Waals surface area contributed by atoms with Crippen LogP contribution in [0.15, 0.2) is 58.7 Å². The van der Waals surface area contributed by atoms with Crippen molar-refractivity contribution in [2.24, 2.45) is 7.05 Å². The van der Waals surface area contributed by atoms with E-state index in [2.05, 4.69) is 15.4 Å². The number of hydrogen-bond donors (Lipinski definition) is 1. The lowest BCUT2D eigenvalue weighted by Crippen LogP contribution is -2.26. The molecule has 8 heteroatoms. The standard InChI is InChI=1S/C19H13ClN4O2S/c1-24-15-5-3-2-4-13(15)17(25)16(23-24)18(26)22-19-21-14(10-27-19)11-6-8-12(20)9-7-11/h2-10H,1H3,(H,21,22,26). The third-order valence-corrected chi connectivity index (χ3v) is 5.05. The number of halogens is 1. The molecule has 134 valence electrons. The predicted octanol–water partition coefficient (Wildman–Crippen LogP) is 3.96. The number of para-hydroxylation sites is 1. The fraction of sp³-hybridized carbons (Fsp3) is 0.0526. The Hall–Kier alpha value is -3.03. The zero-order chi connectivity index (χ0) is 19.0. The van der Waals surface area contributed by atoms with E-state index in [0.29, 0.717) is 26.8 Å². The van der Waals surface area contributed by atoms with Gasteiger partial charge in [0.05, 0.1) is 11.2 Å². The number of aromatic nitrogens is 3. The summed E-state index contributed by atoms with van der Waals surface area (Å²) in [6.45, 7) is 0. The van der Waals surface area contributed by atoms with Crippen molar-refractivity contribution in [3.05, 3.63) is 74.9 Å². The van der Waals surface area contributed by atoms with Gasteiger partial charge in [-0.05, 0) is 24.3 Å². The van der Waals surface area contributed by atoms with E-state index in [1.807, 2.05) is 23.6 Å². The molecular formula is C19H13ClN4O2S. The Morgan fingerprint density at radius 3 is 2.67 bits per heavy atom. The van der Waals surface area contributed by atoms with Gasteiger partial charge in [0.15, 0.2) is 10.8 Å². The van der Waals surface area contributed by atoms with Crippen LogP contribution in [0.1, 0.15) is 10.5 Å². The average Bonchev–Trinajstić information content (AvgIpc) is 3.13. The zero-order valence-electron chi connectivity index (χ0n) is 14.1. The number of rotatable bonds is 3. The minimum Gasteiger partial charge on any atom is -0.296 e. The van der Waals surface area contributed by atoms with Crippen molar-refractivity contribution < 1.29 is 4.79 Å². The fourth-order valence-electron chi connectivity index (χ4n) is 2.71. The van der Waals surface area contributed by atoms with Gasteiger partial charge in [0, 0.05) is 28.4 Å². The Morgan fingerprint density at radius 1 is 1.15 bits per heavy atom. The second-order valence-electron chi connectivity index (χ2n) is 5.82. The highest BCUT2D eigenvalue weighted by atomic mass is 35.5. The normalized spacial score (nSPS) is 10.9. The van der Waals surface area contributed by atoms with Gasteiger partial charge in [-0.3, -0.25) is 19.6 Å². The maximum atomic E-state index is 12.6. The summed E-state index contributed by atoms with van der Waals surface area (Å²) >= 11 is 7.17. The molecule has 0 atom stereocenters. The van der Waals surface area contributed by atoms with Crippen LogP contribution in [-0.2, 0) is 7.05 Å². The molecule has 0 aliphatic heterocycles. The summed E-state index contributed by atoms with van der Waals surface area (Å²) in [5, 5.41) is 10.1. The van der Waals surface area contributed by atoms with E-state index in [0.717, 1.165) is 5.56 Å². The average molecular weight is 397 g/mol. The molecule has 27 heavy (non-hydrogen) atoms. The van der Waals surface area contributed by atoms with E-state index in [1.165, 1.54) is 16.0 Å². The van der Waals surface area contributed by atoms with Crippen molar-refractivity contribution in [1.29, 1.82) is 0 Å². The van der Waals surface area contributed by atoms with Gasteiger partial charge in [-0.1, -0.05) is 35.9 Å². The number of aryl methyl sites for hydroxylation is 1. The molecule has 0 aliphatic rings. The number of carbonyl (C=O) groups is 1. The van der Waals surface area contributed by atoms with Gasteiger partial charge in [0.2, 0.25) is 5.43 Å². The summed E-state index contributed by atoms with van der Waals surface area (Å²) in [7, 11) is 1.70. The summed E-state index contributed by atoms with van der Waals surface area (Å²) in [5.74, 6) is -0.585. The largest absolute Gasteiger partial charge is 0.296 e. The number of fused-ring (bicyclic) bond motifs is 1. The van der Waals surface area contributed by atoms with E-state index in [1.54, 1.807) is 37.4 Å². The molecule has 1 N–H and O–H groups in total. The van der Waals surface area contributed by atoms with Crippen LogP contribution in [0.2, 0.25) is 5.02 Å². The molecule has 0 fully saturated rings. The summed E-state index contributed by atoms with van der Waals surface area (Å²) in [4.78, 5) is 29.6. The maximum absolute atomic E-state index is 12.6. The Bertz CT molecular complexity index is 1210. The molecule has 4 rings (SSSR count). The van der Waals surface area contributed by atoms with Crippen molar-refractivity contribution in [1.82, 2.24) is 14.8 Å². The summed E-state index contributed by atoms with van der Waals surface area (Å²) in [6, 6.07) is 14.3. The Balaban J connectivity index is 1.63. The Morgan fingerprint density at radius 2 is 1.89 bits per heavy atom. The molecule has 0 radical (unpaired) electrons. The highest BCUT2D eigenvalue weighted by Crippen LogP contribution is 2.26. The van der Waals surface area contributed by atoms with Crippen molar-refractivity contribution in [2.75, 3.05) is 5.32 Å². The molecule has 2 aromatic carbocycles. The highest BCUT2D eigenvalue weighted by molar-refractivity contribution is 7.14. The number of nitrogens with zero attached hydrogens (tertiary/aromatic N) is 3. The highest BCUT2D eigenvalue weighted by Gasteiger charge is 2.18. The Kier molecular flexibility index (Phi) is 4.47. The van der Waals surface area contributed by atoms with Crippen LogP contribution in [0.5, 0.6) is 0 Å². The molecule has 0 saturated heterocycles. The molecule has 0 aliphatic carbocycles. The van der Waals surface area contributed by atoms with Crippen LogP contribution in [0.3, 0.4) is 0 Å². The summed E-state index contributed by atoms with van der Waals surface area (Å²) in [6.07, 6.45) is 0. The molecule has 0 unspecified atom stereocenters. The van der Waals surface area contributed by atoms with Gasteiger partial charge in [-0.15, -0.1) is 11.3 Å². The smallest absolute Gasteiger partial charge is 0.281 e. The van der Waals surface area contributed by atoms with Crippen LogP contribution < -0.4 is 10.7 Å². The lowest BCUT2D eigenvalue weighted by atomic mass is 10.2. The number of nitrogens with one attached hydrogen (secondary N) is 1. The van der Waals surface area contributed by atoms with Gasteiger partial charge in [-0.2, -0.15) is 5.10 Å². The minimum absolute atomic E-state index is 0.167. The molecular weight excluding hydrogens is 384 g/mol. The third kappa shape index (κ3) is 3.34. The zero-order valence-corrected chi connectivity index (χ0v) is 15.7. The van der Waals surface area contributed by atoms with Crippen LogP contribution in [0, 0.1) is 0 Å². The van der Waals surface area contributed by atoms with E-state index in [-0.39, 0.29) is 5.69 Å². The van der Waals surface area contributed by atoms with Gasteiger partial charge < -0.3 is 0 Å². The van der Waals surface area contributed by atoms with Crippen molar-refractivity contribution in [3.63, 3.8) is 0 Å². The van der Waals surface area contributed by atoms with Gasteiger partial charge in [0.1, 0.15) is 0 Å². The first kappa shape index (κ1) is 17.4. The van der Waals surface area contributed by atoms with Gasteiger partial charge in [0.25, 0.3) is 5.91 Å². The van der Waals surface area contributed by atoms with Crippen LogP contribution in [0.4, 0.5) is 5.13 Å².